The molecule has 7 N–H and O–H groups in total. The van der Waals surface area contributed by atoms with E-state index in [1.807, 2.05) is 48.5 Å². The summed E-state index contributed by atoms with van der Waals surface area (Å²) in [5, 5.41) is 0. The monoisotopic (exact) mass is 217 g/mol. The lowest BCUT2D eigenvalue weighted by atomic mass is 10.1. The molecule has 0 unspecified atom stereocenters. The summed E-state index contributed by atoms with van der Waals surface area (Å²) in [6.45, 7) is 0. The van der Waals surface area contributed by atoms with Crippen LogP contribution in [0, 0.1) is 0 Å². The van der Waals surface area contributed by atoms with Crippen molar-refractivity contribution in [1.29, 1.82) is 0 Å². The van der Waals surface area contributed by atoms with Gasteiger partial charge in [-0.3, -0.25) is 0 Å². The van der Waals surface area contributed by atoms with Gasteiger partial charge < -0.3 is 17.6 Å². The average molecular weight is 217 g/mol. The number of hydrogen-bond acceptors (Lipinski definition) is 3. The molecule has 2 aromatic carbocycles. The van der Waals surface area contributed by atoms with Gasteiger partial charge in [-0.2, -0.15) is 0 Å². The van der Waals surface area contributed by atoms with E-state index in [1.165, 1.54) is 0 Å². The fraction of sp³-hybridized carbons (Fsp3) is 0.0769. The molecule has 0 spiro atoms. The third kappa shape index (κ3) is 3.00. The summed E-state index contributed by atoms with van der Waals surface area (Å²) < 4.78 is 0. The Labute approximate surface area is 96.7 Å². The molecule has 0 atom stereocenters. The molecule has 0 aliphatic heterocycles. The van der Waals surface area contributed by atoms with E-state index in [2.05, 4.69) is 0 Å². The third-order valence-corrected chi connectivity index (χ3v) is 2.15. The van der Waals surface area contributed by atoms with Crippen LogP contribution in [0.1, 0.15) is 7.43 Å². The van der Waals surface area contributed by atoms with E-state index in [0.29, 0.717) is 0 Å². The Hall–Kier alpha value is -2.00. The topological polar surface area (TPSA) is 87.0 Å². The van der Waals surface area contributed by atoms with E-state index in [-0.39, 0.29) is 13.6 Å². The second kappa shape index (κ2) is 5.78. The predicted molar refractivity (Wildman–Crippen MR) is 72.5 cm³/mol. The lowest BCUT2D eigenvalue weighted by Crippen LogP contribution is -1.85. The van der Waals surface area contributed by atoms with Crippen molar-refractivity contribution in [3.63, 3.8) is 0 Å². The van der Waals surface area contributed by atoms with Crippen molar-refractivity contribution in [3.05, 3.63) is 48.5 Å². The van der Waals surface area contributed by atoms with Gasteiger partial charge in [-0.1, -0.05) is 31.7 Å². The maximum atomic E-state index is 5.61. The first kappa shape index (κ1) is 14.0. The van der Waals surface area contributed by atoms with Gasteiger partial charge >= 0.3 is 0 Å². The Kier molecular flexibility index (Phi) is 5.06. The number of hydrogen-bond donors (Lipinski definition) is 3. The van der Waals surface area contributed by atoms with Crippen molar-refractivity contribution < 1.29 is 0 Å². The molecule has 0 bridgehead atoms. The van der Waals surface area contributed by atoms with Gasteiger partial charge in [-0.05, 0) is 35.4 Å². The second-order valence-electron chi connectivity index (χ2n) is 3.24. The lowest BCUT2D eigenvalue weighted by Gasteiger charge is -2.02. The van der Waals surface area contributed by atoms with E-state index in [0.717, 1.165) is 22.5 Å². The molecule has 0 radical (unpaired) electrons. The molecule has 0 amide bonds. The van der Waals surface area contributed by atoms with E-state index in [9.17, 15) is 0 Å². The van der Waals surface area contributed by atoms with E-state index in [1.54, 1.807) is 0 Å². The Morgan fingerprint density at radius 1 is 0.562 bits per heavy atom. The van der Waals surface area contributed by atoms with E-state index in [4.69, 9.17) is 11.5 Å². The minimum atomic E-state index is 0. The van der Waals surface area contributed by atoms with Gasteiger partial charge in [0.05, 0.1) is 0 Å². The lowest BCUT2D eigenvalue weighted by molar-refractivity contribution is 1.61. The van der Waals surface area contributed by atoms with Crippen LogP contribution in [0.3, 0.4) is 0 Å². The van der Waals surface area contributed by atoms with Crippen LogP contribution in [0.4, 0.5) is 11.4 Å². The van der Waals surface area contributed by atoms with Crippen molar-refractivity contribution >= 4 is 11.4 Å². The summed E-state index contributed by atoms with van der Waals surface area (Å²) in [5.41, 5.74) is 15.1. The molecule has 0 heterocycles. The SMILES string of the molecule is C.N.Nc1ccc(-c2ccc(N)cc2)cc1. The minimum absolute atomic E-state index is 0. The molecule has 0 saturated heterocycles. The first-order valence-corrected chi connectivity index (χ1v) is 4.47. The van der Waals surface area contributed by atoms with Crippen molar-refractivity contribution in [2.24, 2.45) is 0 Å². The minimum Gasteiger partial charge on any atom is -0.399 e. The summed E-state index contributed by atoms with van der Waals surface area (Å²) >= 11 is 0. The number of anilines is 2. The Morgan fingerprint density at radius 2 is 0.812 bits per heavy atom. The quantitative estimate of drug-likeness (QED) is 0.640. The van der Waals surface area contributed by atoms with Crippen LogP contribution in [0.2, 0.25) is 0 Å². The average Bonchev–Trinajstić information content (AvgIpc) is 2.21. The number of nitrogen functional groups attached to an aromatic ring is 2. The third-order valence-electron chi connectivity index (χ3n) is 2.15. The highest BCUT2D eigenvalue weighted by molar-refractivity contribution is 5.67. The number of nitrogens with two attached hydrogens (primary N) is 2. The zero-order valence-electron chi connectivity index (χ0n) is 8.48. The predicted octanol–water partition coefficient (Wildman–Crippen LogP) is 3.32. The zero-order chi connectivity index (χ0) is 9.97. The normalized spacial score (nSPS) is 8.75. The highest BCUT2D eigenvalue weighted by Gasteiger charge is 1.95. The smallest absolute Gasteiger partial charge is 0.0314 e. The molecule has 0 aliphatic rings. The molecular formula is C13H19N3. The van der Waals surface area contributed by atoms with Gasteiger partial charge in [0.1, 0.15) is 0 Å². The van der Waals surface area contributed by atoms with Gasteiger partial charge in [0, 0.05) is 11.4 Å². The molecule has 0 saturated carbocycles. The summed E-state index contributed by atoms with van der Waals surface area (Å²) in [5.74, 6) is 0. The van der Waals surface area contributed by atoms with Gasteiger partial charge in [0.15, 0.2) is 0 Å². The van der Waals surface area contributed by atoms with Crippen molar-refractivity contribution in [3.8, 4) is 11.1 Å². The molecule has 0 aliphatic carbocycles. The fourth-order valence-electron chi connectivity index (χ4n) is 1.35. The number of rotatable bonds is 1. The molecule has 86 valence electrons. The second-order valence-corrected chi connectivity index (χ2v) is 3.24. The maximum Gasteiger partial charge on any atom is 0.0314 e. The van der Waals surface area contributed by atoms with Crippen LogP contribution in [-0.4, -0.2) is 0 Å². The van der Waals surface area contributed by atoms with Crippen LogP contribution in [-0.2, 0) is 0 Å². The number of benzene rings is 2. The Morgan fingerprint density at radius 3 is 1.06 bits per heavy atom. The molecule has 2 rings (SSSR count). The van der Waals surface area contributed by atoms with Gasteiger partial charge in [-0.15, -0.1) is 0 Å². The van der Waals surface area contributed by atoms with E-state index < -0.39 is 0 Å². The first-order valence-electron chi connectivity index (χ1n) is 4.47. The first-order chi connectivity index (χ1) is 6.75. The van der Waals surface area contributed by atoms with Gasteiger partial charge in [0.25, 0.3) is 0 Å². The maximum absolute atomic E-state index is 5.61. The van der Waals surface area contributed by atoms with Crippen LogP contribution in [0.15, 0.2) is 48.5 Å². The molecule has 0 fully saturated rings. The standard InChI is InChI=1S/C12H12N2.CH4.H3N/c13-11-5-1-9(2-6-11)10-3-7-12(14)8-4-10;;/h1-8H,13-14H2;1H4;1H3. The summed E-state index contributed by atoms with van der Waals surface area (Å²) in [4.78, 5) is 0. The highest BCUT2D eigenvalue weighted by atomic mass is 14.5. The molecule has 0 aromatic heterocycles. The molecule has 2 aromatic rings. The van der Waals surface area contributed by atoms with Gasteiger partial charge in [-0.25, -0.2) is 0 Å². The molecule has 16 heavy (non-hydrogen) atoms. The van der Waals surface area contributed by atoms with Crippen LogP contribution >= 0.6 is 0 Å². The van der Waals surface area contributed by atoms with Crippen LogP contribution < -0.4 is 17.6 Å². The Bertz CT molecular complexity index is 374. The van der Waals surface area contributed by atoms with E-state index >= 15 is 0 Å². The highest BCUT2D eigenvalue weighted by Crippen LogP contribution is 2.21. The van der Waals surface area contributed by atoms with Crippen LogP contribution in [0.25, 0.3) is 11.1 Å². The largest absolute Gasteiger partial charge is 0.399 e. The fourth-order valence-corrected chi connectivity index (χ4v) is 1.35. The van der Waals surface area contributed by atoms with Crippen molar-refractivity contribution in [1.82, 2.24) is 6.15 Å². The van der Waals surface area contributed by atoms with Crippen LogP contribution in [0.5, 0.6) is 0 Å². The molecular weight excluding hydrogens is 198 g/mol. The molecule has 3 nitrogen and oxygen atoms in total. The Balaban J connectivity index is 0.00000112. The van der Waals surface area contributed by atoms with Crippen molar-refractivity contribution in [2.75, 3.05) is 11.5 Å². The van der Waals surface area contributed by atoms with Gasteiger partial charge in [0.2, 0.25) is 0 Å². The summed E-state index contributed by atoms with van der Waals surface area (Å²) in [7, 11) is 0. The summed E-state index contributed by atoms with van der Waals surface area (Å²) in [6.07, 6.45) is 0. The summed E-state index contributed by atoms with van der Waals surface area (Å²) in [6, 6.07) is 15.6. The van der Waals surface area contributed by atoms with Crippen molar-refractivity contribution in [2.45, 2.75) is 7.43 Å². The zero-order valence-corrected chi connectivity index (χ0v) is 8.48. The molecule has 3 heteroatoms.